The van der Waals surface area contributed by atoms with Crippen molar-refractivity contribution in [3.05, 3.63) is 106 Å². The molecule has 0 aliphatic carbocycles. The predicted molar refractivity (Wildman–Crippen MR) is 125 cm³/mol. The molecule has 0 aliphatic rings. The largest absolute Gasteiger partial charge is 0.457 e. The lowest BCUT2D eigenvalue weighted by atomic mass is 10.1. The van der Waals surface area contributed by atoms with Gasteiger partial charge in [0, 0.05) is 34.4 Å². The fourth-order valence-corrected chi connectivity index (χ4v) is 3.10. The summed E-state index contributed by atoms with van der Waals surface area (Å²) in [5, 5.41) is 11.5. The second-order valence-electron chi connectivity index (χ2n) is 6.96. The van der Waals surface area contributed by atoms with Gasteiger partial charge in [0.1, 0.15) is 17.3 Å². The van der Waals surface area contributed by atoms with Gasteiger partial charge in [-0.1, -0.05) is 23.7 Å². The molecule has 10 heteroatoms. The summed E-state index contributed by atoms with van der Waals surface area (Å²) in [7, 11) is 0. The van der Waals surface area contributed by atoms with E-state index < -0.39 is 16.7 Å². The molecule has 0 saturated heterocycles. The molecule has 170 valence electrons. The first kappa shape index (κ1) is 22.6. The Kier molecular flexibility index (Phi) is 6.56. The Morgan fingerprint density at radius 2 is 1.62 bits per heavy atom. The fourth-order valence-electron chi connectivity index (χ4n) is 2.98. The number of carbonyl (C=O) groups excluding carboxylic acids is 2. The molecule has 0 unspecified atom stereocenters. The lowest BCUT2D eigenvalue weighted by molar-refractivity contribution is -0.384. The van der Waals surface area contributed by atoms with Gasteiger partial charge in [0.05, 0.1) is 4.92 Å². The number of benzene rings is 2. The number of nitrogens with one attached hydrogen (secondary N) is 2. The number of hydrogen-bond donors (Lipinski definition) is 2. The van der Waals surface area contributed by atoms with Crippen LogP contribution in [-0.2, 0) is 4.79 Å². The van der Waals surface area contributed by atoms with Crippen LogP contribution in [0, 0.1) is 10.1 Å². The molecule has 0 fully saturated rings. The van der Waals surface area contributed by atoms with Gasteiger partial charge in [-0.15, -0.1) is 0 Å². The zero-order chi connectivity index (χ0) is 24.1. The summed E-state index contributed by atoms with van der Waals surface area (Å²) in [6.07, 6.45) is 2.56. The van der Waals surface area contributed by atoms with Gasteiger partial charge in [0.15, 0.2) is 5.76 Å². The lowest BCUT2D eigenvalue weighted by Crippen LogP contribution is -2.40. The van der Waals surface area contributed by atoms with Crippen molar-refractivity contribution in [2.45, 2.75) is 0 Å². The van der Waals surface area contributed by atoms with Crippen molar-refractivity contribution in [2.24, 2.45) is 0 Å². The third kappa shape index (κ3) is 5.40. The van der Waals surface area contributed by atoms with Crippen LogP contribution < -0.4 is 10.9 Å². The lowest BCUT2D eigenvalue weighted by Gasteiger charge is -2.03. The van der Waals surface area contributed by atoms with Gasteiger partial charge in [-0.2, -0.15) is 0 Å². The topological polar surface area (TPSA) is 128 Å². The Balaban J connectivity index is 1.32. The van der Waals surface area contributed by atoms with Crippen molar-refractivity contribution in [2.75, 3.05) is 0 Å². The Hall–Kier alpha value is -4.63. The van der Waals surface area contributed by atoms with E-state index in [1.807, 2.05) is 0 Å². The van der Waals surface area contributed by atoms with Crippen LogP contribution in [0.1, 0.15) is 16.3 Å². The number of nitro groups is 1. The summed E-state index contributed by atoms with van der Waals surface area (Å²) in [6, 6.07) is 19.3. The molecule has 2 N–H and O–H groups in total. The molecule has 2 amide bonds. The SMILES string of the molecule is O=C(/C=C/c1ccc(-c2cccc([N+](=O)[O-])c2)o1)NNC(=O)c1ccc(-c2ccc(Cl)cc2)o1. The minimum absolute atomic E-state index is 0.0156. The van der Waals surface area contributed by atoms with E-state index in [-0.39, 0.29) is 11.4 Å². The van der Waals surface area contributed by atoms with E-state index in [0.717, 1.165) is 11.6 Å². The average molecular weight is 478 g/mol. The zero-order valence-corrected chi connectivity index (χ0v) is 18.1. The Bertz CT molecular complexity index is 1390. The standard InChI is InChI=1S/C24H16ClN3O6/c25-17-6-4-15(5-7-17)20-11-12-22(34-20)24(30)27-26-23(29)13-9-19-8-10-21(33-19)16-2-1-3-18(14-16)28(31)32/h1-14H,(H,26,29)(H,27,30)/b13-9+. The van der Waals surface area contributed by atoms with Crippen molar-refractivity contribution in [3.8, 4) is 22.6 Å². The second-order valence-corrected chi connectivity index (χ2v) is 7.39. The van der Waals surface area contributed by atoms with Crippen molar-refractivity contribution in [1.82, 2.24) is 10.9 Å². The molecule has 0 bridgehead atoms. The summed E-state index contributed by atoms with van der Waals surface area (Å²) in [6.45, 7) is 0. The highest BCUT2D eigenvalue weighted by Gasteiger charge is 2.13. The Labute approximate surface area is 197 Å². The molecule has 0 aliphatic heterocycles. The maximum absolute atomic E-state index is 12.2. The van der Waals surface area contributed by atoms with Crippen molar-refractivity contribution in [1.29, 1.82) is 0 Å². The van der Waals surface area contributed by atoms with E-state index in [1.54, 1.807) is 54.6 Å². The van der Waals surface area contributed by atoms with E-state index in [9.17, 15) is 19.7 Å². The number of hydrogen-bond acceptors (Lipinski definition) is 6. The summed E-state index contributed by atoms with van der Waals surface area (Å²) >= 11 is 5.87. The van der Waals surface area contributed by atoms with E-state index in [4.69, 9.17) is 20.4 Å². The van der Waals surface area contributed by atoms with Crippen LogP contribution in [0.15, 0.2) is 87.7 Å². The van der Waals surface area contributed by atoms with Crippen LogP contribution in [0.4, 0.5) is 5.69 Å². The van der Waals surface area contributed by atoms with Crippen LogP contribution in [0.5, 0.6) is 0 Å². The van der Waals surface area contributed by atoms with E-state index in [1.165, 1.54) is 24.3 Å². The first-order valence-corrected chi connectivity index (χ1v) is 10.3. The number of nitro benzene ring substituents is 1. The molecule has 9 nitrogen and oxygen atoms in total. The van der Waals surface area contributed by atoms with Crippen LogP contribution in [0.2, 0.25) is 5.02 Å². The van der Waals surface area contributed by atoms with Gasteiger partial charge in [-0.25, -0.2) is 0 Å². The maximum Gasteiger partial charge on any atom is 0.305 e. The molecule has 0 spiro atoms. The monoisotopic (exact) mass is 477 g/mol. The minimum Gasteiger partial charge on any atom is -0.457 e. The number of carbonyl (C=O) groups is 2. The van der Waals surface area contributed by atoms with Gasteiger partial charge in [0.2, 0.25) is 0 Å². The number of furan rings is 2. The summed E-state index contributed by atoms with van der Waals surface area (Å²) in [4.78, 5) is 34.7. The van der Waals surface area contributed by atoms with Gasteiger partial charge < -0.3 is 8.83 Å². The minimum atomic E-state index is -0.632. The molecule has 2 aromatic heterocycles. The van der Waals surface area contributed by atoms with Crippen molar-refractivity contribution < 1.29 is 23.3 Å². The number of non-ortho nitro benzene ring substituents is 1. The highest BCUT2D eigenvalue weighted by Crippen LogP contribution is 2.26. The normalized spacial score (nSPS) is 10.9. The second kappa shape index (κ2) is 9.88. The summed E-state index contributed by atoms with van der Waals surface area (Å²) in [5.41, 5.74) is 5.73. The van der Waals surface area contributed by atoms with Gasteiger partial charge >= 0.3 is 5.91 Å². The molecular weight excluding hydrogens is 462 g/mol. The fraction of sp³-hybridized carbons (Fsp3) is 0. The van der Waals surface area contributed by atoms with Crippen LogP contribution in [0.3, 0.4) is 0 Å². The highest BCUT2D eigenvalue weighted by atomic mass is 35.5. The number of rotatable bonds is 6. The maximum atomic E-state index is 12.2. The smallest absolute Gasteiger partial charge is 0.305 e. The van der Waals surface area contributed by atoms with Gasteiger partial charge in [-0.05, 0) is 54.6 Å². The van der Waals surface area contributed by atoms with Crippen molar-refractivity contribution in [3.63, 3.8) is 0 Å². The number of halogens is 1. The first-order valence-electron chi connectivity index (χ1n) is 9.88. The van der Waals surface area contributed by atoms with Crippen molar-refractivity contribution >= 4 is 35.2 Å². The summed E-state index contributed by atoms with van der Waals surface area (Å²) < 4.78 is 11.1. The third-order valence-electron chi connectivity index (χ3n) is 4.63. The van der Waals surface area contributed by atoms with E-state index in [2.05, 4.69) is 10.9 Å². The van der Waals surface area contributed by atoms with E-state index >= 15 is 0 Å². The first-order chi connectivity index (χ1) is 16.4. The molecule has 0 saturated carbocycles. The van der Waals surface area contributed by atoms with Gasteiger partial charge in [0.25, 0.3) is 11.6 Å². The molecular formula is C24H16ClN3O6. The Morgan fingerprint density at radius 3 is 2.38 bits per heavy atom. The molecule has 4 rings (SSSR count). The highest BCUT2D eigenvalue weighted by molar-refractivity contribution is 6.30. The quantitative estimate of drug-likeness (QED) is 0.222. The summed E-state index contributed by atoms with van der Waals surface area (Å²) in [5.74, 6) is 0.0133. The zero-order valence-electron chi connectivity index (χ0n) is 17.4. The Morgan fingerprint density at radius 1 is 0.882 bits per heavy atom. The average Bonchev–Trinajstić information content (AvgIpc) is 3.52. The van der Waals surface area contributed by atoms with E-state index in [0.29, 0.717) is 27.9 Å². The third-order valence-corrected chi connectivity index (χ3v) is 4.88. The predicted octanol–water partition coefficient (Wildman–Crippen LogP) is 5.24. The van der Waals surface area contributed by atoms with Crippen LogP contribution in [0.25, 0.3) is 28.7 Å². The van der Waals surface area contributed by atoms with Crippen LogP contribution >= 0.6 is 11.6 Å². The van der Waals surface area contributed by atoms with Gasteiger partial charge in [-0.3, -0.25) is 30.6 Å². The molecule has 4 aromatic rings. The molecule has 34 heavy (non-hydrogen) atoms. The number of hydrazine groups is 1. The molecule has 0 radical (unpaired) electrons. The number of amides is 2. The number of nitrogens with zero attached hydrogens (tertiary/aromatic N) is 1. The molecule has 2 aromatic carbocycles. The molecule has 0 atom stereocenters. The molecule has 2 heterocycles. The van der Waals surface area contributed by atoms with Crippen LogP contribution in [-0.4, -0.2) is 16.7 Å².